The summed E-state index contributed by atoms with van der Waals surface area (Å²) >= 11 is 0. The molecule has 1 aromatic carbocycles. The minimum Gasteiger partial charge on any atom is -0.326 e. The number of hydrogen-bond donors (Lipinski definition) is 0. The van der Waals surface area contributed by atoms with Gasteiger partial charge >= 0.3 is 0 Å². The molecule has 1 aliphatic rings. The quantitative estimate of drug-likeness (QED) is 0.679. The van der Waals surface area contributed by atoms with E-state index in [9.17, 15) is 4.79 Å². The van der Waals surface area contributed by atoms with Crippen LogP contribution in [0.3, 0.4) is 0 Å². The molecule has 4 rings (SSSR count). The molecule has 0 saturated carbocycles. The lowest BCUT2D eigenvalue weighted by Crippen LogP contribution is -2.44. The molecule has 1 amide bonds. The lowest BCUT2D eigenvalue weighted by Gasteiger charge is -2.37. The number of benzene rings is 1. The van der Waals surface area contributed by atoms with Gasteiger partial charge in [0.1, 0.15) is 5.82 Å². The first-order chi connectivity index (χ1) is 14.0. The average Bonchev–Trinajstić information content (AvgIpc) is 3.17. The van der Waals surface area contributed by atoms with Gasteiger partial charge in [0.25, 0.3) is 5.91 Å². The van der Waals surface area contributed by atoms with Gasteiger partial charge in [0.05, 0.1) is 18.2 Å². The highest BCUT2D eigenvalue weighted by Gasteiger charge is 2.36. The van der Waals surface area contributed by atoms with Crippen LogP contribution < -0.4 is 0 Å². The number of fused-ring (bicyclic) bond motifs is 1. The molecule has 1 atom stereocenters. The Kier molecular flexibility index (Phi) is 5.13. The zero-order valence-electron chi connectivity index (χ0n) is 17.3. The maximum atomic E-state index is 13.3. The van der Waals surface area contributed by atoms with Crippen LogP contribution in [-0.4, -0.2) is 42.1 Å². The number of aromatic nitrogens is 5. The Labute approximate surface area is 170 Å². The summed E-state index contributed by atoms with van der Waals surface area (Å²) in [6.07, 6.45) is 3.27. The van der Waals surface area contributed by atoms with Gasteiger partial charge in [-0.2, -0.15) is 5.10 Å². The third kappa shape index (κ3) is 3.64. The number of rotatable bonds is 4. The number of carbonyl (C=O) groups is 1. The summed E-state index contributed by atoms with van der Waals surface area (Å²) in [6, 6.07) is 9.79. The lowest BCUT2D eigenvalue weighted by atomic mass is 9.99. The molecule has 7 nitrogen and oxygen atoms in total. The first-order valence-electron chi connectivity index (χ1n) is 10.1. The minimum absolute atomic E-state index is 0.0606. The standard InChI is InChI=1S/C22H26N6O/c1-14(2)18-21-25-20(16-8-6-5-7-9-16)26-28(21)11-10-27(18)22(29)17-12-23-19(15(3)4)24-13-17/h5-9,12-15,18H,10-11H2,1-4H3/t18-/m0/s1. The van der Waals surface area contributed by atoms with Crippen molar-refractivity contribution in [3.8, 4) is 11.4 Å². The third-order valence-corrected chi connectivity index (χ3v) is 5.21. The average molecular weight is 390 g/mol. The summed E-state index contributed by atoms with van der Waals surface area (Å²) in [5.74, 6) is 2.64. The minimum atomic E-state index is -0.147. The second kappa shape index (κ2) is 7.73. The molecule has 150 valence electrons. The predicted octanol–water partition coefficient (Wildman–Crippen LogP) is 3.71. The van der Waals surface area contributed by atoms with Gasteiger partial charge in [0.2, 0.25) is 0 Å². The van der Waals surface area contributed by atoms with Crippen molar-refractivity contribution in [3.63, 3.8) is 0 Å². The topological polar surface area (TPSA) is 76.8 Å². The molecule has 0 bridgehead atoms. The normalized spacial score (nSPS) is 16.3. The number of nitrogens with zero attached hydrogens (tertiary/aromatic N) is 6. The number of amides is 1. The largest absolute Gasteiger partial charge is 0.326 e. The van der Waals surface area contributed by atoms with Crippen molar-refractivity contribution in [2.24, 2.45) is 5.92 Å². The van der Waals surface area contributed by atoms with E-state index in [1.54, 1.807) is 12.4 Å². The summed E-state index contributed by atoms with van der Waals surface area (Å²) in [7, 11) is 0. The Morgan fingerprint density at radius 2 is 1.72 bits per heavy atom. The van der Waals surface area contributed by atoms with Gasteiger partial charge in [-0.3, -0.25) is 4.79 Å². The van der Waals surface area contributed by atoms with E-state index in [0.717, 1.165) is 17.2 Å². The monoisotopic (exact) mass is 390 g/mol. The Hall–Kier alpha value is -3.09. The van der Waals surface area contributed by atoms with Gasteiger partial charge in [0, 0.05) is 30.4 Å². The Bertz CT molecular complexity index is 994. The molecule has 3 aromatic rings. The van der Waals surface area contributed by atoms with Crippen molar-refractivity contribution in [1.82, 2.24) is 29.6 Å². The van der Waals surface area contributed by atoms with E-state index >= 15 is 0 Å². The van der Waals surface area contributed by atoms with Gasteiger partial charge in [-0.25, -0.2) is 19.6 Å². The molecule has 0 spiro atoms. The molecule has 0 unspecified atom stereocenters. The molecule has 0 fully saturated rings. The van der Waals surface area contributed by atoms with Crippen LogP contribution in [0.15, 0.2) is 42.7 Å². The van der Waals surface area contributed by atoms with Crippen LogP contribution in [-0.2, 0) is 6.54 Å². The Morgan fingerprint density at radius 3 is 2.34 bits per heavy atom. The summed E-state index contributed by atoms with van der Waals surface area (Å²) < 4.78 is 1.94. The van der Waals surface area contributed by atoms with Gasteiger partial charge in [0.15, 0.2) is 11.6 Å². The first-order valence-corrected chi connectivity index (χ1v) is 10.1. The maximum Gasteiger partial charge on any atom is 0.257 e. The Balaban J connectivity index is 1.66. The molecule has 29 heavy (non-hydrogen) atoms. The highest BCUT2D eigenvalue weighted by molar-refractivity contribution is 5.94. The van der Waals surface area contributed by atoms with Crippen molar-refractivity contribution in [3.05, 3.63) is 59.9 Å². The molecule has 1 aliphatic heterocycles. The second-order valence-corrected chi connectivity index (χ2v) is 8.05. The van der Waals surface area contributed by atoms with Crippen LogP contribution in [0.2, 0.25) is 0 Å². The van der Waals surface area contributed by atoms with Crippen LogP contribution in [0, 0.1) is 5.92 Å². The zero-order valence-corrected chi connectivity index (χ0v) is 17.3. The van der Waals surface area contributed by atoms with Gasteiger partial charge in [-0.05, 0) is 5.92 Å². The molecular weight excluding hydrogens is 364 g/mol. The molecule has 2 aromatic heterocycles. The smallest absolute Gasteiger partial charge is 0.257 e. The van der Waals surface area contributed by atoms with Gasteiger partial charge < -0.3 is 4.90 Å². The van der Waals surface area contributed by atoms with Crippen LogP contribution >= 0.6 is 0 Å². The highest BCUT2D eigenvalue weighted by atomic mass is 16.2. The summed E-state index contributed by atoms with van der Waals surface area (Å²) in [6.45, 7) is 9.49. The van der Waals surface area contributed by atoms with Crippen LogP contribution in [0.5, 0.6) is 0 Å². The number of hydrogen-bond acceptors (Lipinski definition) is 5. The van der Waals surface area contributed by atoms with Gasteiger partial charge in [-0.15, -0.1) is 0 Å². The van der Waals surface area contributed by atoms with E-state index in [-0.39, 0.29) is 23.8 Å². The van der Waals surface area contributed by atoms with E-state index in [1.165, 1.54) is 0 Å². The van der Waals surface area contributed by atoms with Crippen molar-refractivity contribution in [1.29, 1.82) is 0 Å². The van der Waals surface area contributed by atoms with E-state index in [1.807, 2.05) is 53.8 Å². The fourth-order valence-electron chi connectivity index (χ4n) is 3.73. The van der Waals surface area contributed by atoms with Crippen LogP contribution in [0.25, 0.3) is 11.4 Å². The second-order valence-electron chi connectivity index (χ2n) is 8.05. The van der Waals surface area contributed by atoms with Crippen molar-refractivity contribution in [2.45, 2.75) is 46.2 Å². The fourth-order valence-corrected chi connectivity index (χ4v) is 3.73. The van der Waals surface area contributed by atoms with Crippen LogP contribution in [0.4, 0.5) is 0 Å². The molecule has 0 N–H and O–H groups in total. The summed E-state index contributed by atoms with van der Waals surface area (Å²) in [5.41, 5.74) is 1.49. The van der Waals surface area contributed by atoms with Crippen molar-refractivity contribution in [2.75, 3.05) is 6.54 Å². The number of carbonyl (C=O) groups excluding carboxylic acids is 1. The molecule has 3 heterocycles. The molecule has 7 heteroatoms. The molecular formula is C22H26N6O. The lowest BCUT2D eigenvalue weighted by molar-refractivity contribution is 0.0536. The summed E-state index contributed by atoms with van der Waals surface area (Å²) in [5, 5.41) is 4.69. The zero-order chi connectivity index (χ0) is 20.5. The van der Waals surface area contributed by atoms with E-state index < -0.39 is 0 Å². The molecule has 0 aliphatic carbocycles. The van der Waals surface area contributed by atoms with Crippen LogP contribution in [0.1, 0.15) is 61.7 Å². The third-order valence-electron chi connectivity index (χ3n) is 5.21. The SMILES string of the molecule is CC(C)c1ncc(C(=O)N2CCn3nc(-c4ccccc4)nc3[C@@H]2C(C)C)cn1. The predicted molar refractivity (Wildman–Crippen MR) is 110 cm³/mol. The van der Waals surface area contributed by atoms with E-state index in [0.29, 0.717) is 24.5 Å². The van der Waals surface area contributed by atoms with E-state index in [4.69, 9.17) is 10.1 Å². The highest BCUT2D eigenvalue weighted by Crippen LogP contribution is 2.33. The molecule has 0 radical (unpaired) electrons. The Morgan fingerprint density at radius 1 is 1.03 bits per heavy atom. The van der Waals surface area contributed by atoms with Gasteiger partial charge in [-0.1, -0.05) is 58.0 Å². The first kappa shape index (κ1) is 19.2. The maximum absolute atomic E-state index is 13.3. The fraction of sp³-hybridized carbons (Fsp3) is 0.409. The van der Waals surface area contributed by atoms with E-state index in [2.05, 4.69) is 23.8 Å². The summed E-state index contributed by atoms with van der Waals surface area (Å²) in [4.78, 5) is 28.7. The molecule has 0 saturated heterocycles. The van der Waals surface area contributed by atoms with Crippen molar-refractivity contribution >= 4 is 5.91 Å². The van der Waals surface area contributed by atoms with Crippen molar-refractivity contribution < 1.29 is 4.79 Å².